The van der Waals surface area contributed by atoms with Gasteiger partial charge in [0, 0.05) is 5.56 Å². The molecule has 4 heteroatoms. The Bertz CT molecular complexity index is 834. The summed E-state index contributed by atoms with van der Waals surface area (Å²) in [4.78, 5) is 6.90. The molecule has 0 amide bonds. The van der Waals surface area contributed by atoms with Crippen molar-refractivity contribution in [1.82, 2.24) is 9.88 Å². The summed E-state index contributed by atoms with van der Waals surface area (Å²) in [5.74, 6) is 2.76. The van der Waals surface area contributed by atoms with Gasteiger partial charge in [0.1, 0.15) is 5.75 Å². The Morgan fingerprint density at radius 2 is 1.74 bits per heavy atom. The molecule has 1 aliphatic rings. The van der Waals surface area contributed by atoms with Gasteiger partial charge in [-0.3, -0.25) is 4.90 Å². The van der Waals surface area contributed by atoms with Crippen LogP contribution in [0.25, 0.3) is 11.3 Å². The lowest BCUT2D eigenvalue weighted by atomic mass is 9.90. The van der Waals surface area contributed by atoms with Gasteiger partial charge in [-0.05, 0) is 62.4 Å². The number of rotatable bonds is 6. The predicted octanol–water partition coefficient (Wildman–Crippen LogP) is 4.89. The summed E-state index contributed by atoms with van der Waals surface area (Å²) in [6.45, 7) is 2.99. The summed E-state index contributed by atoms with van der Waals surface area (Å²) < 4.78 is 5.94. The second-order valence-corrected chi connectivity index (χ2v) is 7.41. The van der Waals surface area contributed by atoms with Gasteiger partial charge >= 0.3 is 0 Å². The molecule has 0 bridgehead atoms. The average molecular weight is 362 g/mol. The van der Waals surface area contributed by atoms with E-state index >= 15 is 0 Å². The van der Waals surface area contributed by atoms with Crippen molar-refractivity contribution >= 4 is 0 Å². The van der Waals surface area contributed by atoms with Crippen LogP contribution >= 0.6 is 0 Å². The van der Waals surface area contributed by atoms with Gasteiger partial charge in [0.2, 0.25) is 5.89 Å². The van der Waals surface area contributed by atoms with Gasteiger partial charge in [0.15, 0.2) is 5.76 Å². The minimum Gasteiger partial charge on any atom is -0.508 e. The fourth-order valence-corrected chi connectivity index (χ4v) is 3.78. The van der Waals surface area contributed by atoms with E-state index in [-0.39, 0.29) is 0 Å². The predicted molar refractivity (Wildman–Crippen MR) is 106 cm³/mol. The summed E-state index contributed by atoms with van der Waals surface area (Å²) in [7, 11) is 0. The normalized spacial score (nSPS) is 15.9. The third-order valence-electron chi connectivity index (χ3n) is 5.46. The molecule has 27 heavy (non-hydrogen) atoms. The van der Waals surface area contributed by atoms with Gasteiger partial charge in [-0.25, -0.2) is 4.98 Å². The first-order chi connectivity index (χ1) is 13.3. The molecular formula is C23H26N2O2. The van der Waals surface area contributed by atoms with Crippen molar-refractivity contribution in [3.05, 3.63) is 72.2 Å². The van der Waals surface area contributed by atoms with Crippen LogP contribution in [0.5, 0.6) is 5.75 Å². The molecule has 1 fully saturated rings. The standard InChI is InChI=1S/C23H26N2O2/c26-21-10-8-18(9-11-21)6-7-19-12-14-25(15-13-19)17-23-24-16-22(27-23)20-4-2-1-3-5-20/h1-5,8-11,16,19,26H,6-7,12-15,17H2. The second-order valence-electron chi connectivity index (χ2n) is 7.41. The van der Waals surface area contributed by atoms with E-state index in [1.807, 2.05) is 48.7 Å². The van der Waals surface area contributed by atoms with Gasteiger partial charge in [-0.1, -0.05) is 42.5 Å². The van der Waals surface area contributed by atoms with Crippen LogP contribution in [0, 0.1) is 5.92 Å². The number of aromatic nitrogens is 1. The number of likely N-dealkylation sites (tertiary alicyclic amines) is 1. The van der Waals surface area contributed by atoms with E-state index < -0.39 is 0 Å². The Morgan fingerprint density at radius 3 is 2.48 bits per heavy atom. The molecule has 0 aliphatic carbocycles. The Labute approximate surface area is 160 Å². The lowest BCUT2D eigenvalue weighted by Gasteiger charge is -2.31. The topological polar surface area (TPSA) is 49.5 Å². The number of aryl methyl sites for hydroxylation is 1. The fraction of sp³-hybridized carbons (Fsp3) is 0.348. The SMILES string of the molecule is Oc1ccc(CCC2CCN(Cc3ncc(-c4ccccc4)o3)CC2)cc1. The van der Waals surface area contributed by atoms with Crippen molar-refractivity contribution in [3.63, 3.8) is 0 Å². The molecule has 3 aromatic rings. The van der Waals surface area contributed by atoms with Crippen LogP contribution in [0.2, 0.25) is 0 Å². The number of phenolic OH excluding ortho intramolecular Hbond substituents is 1. The summed E-state index contributed by atoms with van der Waals surface area (Å²) in [6.07, 6.45) is 6.59. The number of nitrogens with zero attached hydrogens (tertiary/aromatic N) is 2. The first kappa shape index (κ1) is 17.8. The maximum Gasteiger partial charge on any atom is 0.209 e. The smallest absolute Gasteiger partial charge is 0.209 e. The van der Waals surface area contributed by atoms with Crippen molar-refractivity contribution in [1.29, 1.82) is 0 Å². The van der Waals surface area contributed by atoms with E-state index in [1.54, 1.807) is 12.1 Å². The van der Waals surface area contributed by atoms with Crippen LogP contribution in [0.1, 0.15) is 30.7 Å². The van der Waals surface area contributed by atoms with Crippen LogP contribution in [0.15, 0.2) is 65.2 Å². The van der Waals surface area contributed by atoms with Gasteiger partial charge < -0.3 is 9.52 Å². The summed E-state index contributed by atoms with van der Waals surface area (Å²) in [5.41, 5.74) is 2.38. The molecule has 1 aliphatic heterocycles. The monoisotopic (exact) mass is 362 g/mol. The number of benzene rings is 2. The first-order valence-corrected chi connectivity index (χ1v) is 9.76. The lowest BCUT2D eigenvalue weighted by molar-refractivity contribution is 0.160. The third kappa shape index (κ3) is 4.77. The van der Waals surface area contributed by atoms with Gasteiger partial charge in [0.25, 0.3) is 0 Å². The lowest BCUT2D eigenvalue weighted by Crippen LogP contribution is -2.33. The third-order valence-corrected chi connectivity index (χ3v) is 5.46. The quantitative estimate of drug-likeness (QED) is 0.678. The van der Waals surface area contributed by atoms with Crippen LogP contribution in [0.3, 0.4) is 0 Å². The molecule has 0 saturated carbocycles. The molecule has 0 radical (unpaired) electrons. The van der Waals surface area contributed by atoms with E-state index in [1.165, 1.54) is 24.8 Å². The maximum absolute atomic E-state index is 9.37. The molecule has 4 rings (SSSR count). The molecule has 2 heterocycles. The number of hydrogen-bond acceptors (Lipinski definition) is 4. The minimum atomic E-state index is 0.342. The Hall–Kier alpha value is -2.59. The Kier molecular flexibility index (Phi) is 5.54. The summed E-state index contributed by atoms with van der Waals surface area (Å²) in [6, 6.07) is 17.7. The van der Waals surface area contributed by atoms with Gasteiger partial charge in [-0.15, -0.1) is 0 Å². The minimum absolute atomic E-state index is 0.342. The van der Waals surface area contributed by atoms with E-state index in [0.29, 0.717) is 5.75 Å². The van der Waals surface area contributed by atoms with E-state index in [9.17, 15) is 5.11 Å². The van der Waals surface area contributed by atoms with Crippen molar-refractivity contribution in [2.45, 2.75) is 32.2 Å². The van der Waals surface area contributed by atoms with E-state index in [2.05, 4.69) is 9.88 Å². The number of piperidine rings is 1. The molecule has 2 aromatic carbocycles. The summed E-state index contributed by atoms with van der Waals surface area (Å²) >= 11 is 0. The van der Waals surface area contributed by atoms with Crippen LogP contribution < -0.4 is 0 Å². The Morgan fingerprint density at radius 1 is 1.00 bits per heavy atom. The number of oxazole rings is 1. The summed E-state index contributed by atoms with van der Waals surface area (Å²) in [5, 5.41) is 9.37. The van der Waals surface area contributed by atoms with Gasteiger partial charge in [-0.2, -0.15) is 0 Å². The Balaban J connectivity index is 1.24. The highest BCUT2D eigenvalue weighted by atomic mass is 16.4. The molecule has 4 nitrogen and oxygen atoms in total. The van der Waals surface area contributed by atoms with E-state index in [0.717, 1.165) is 49.2 Å². The molecule has 0 unspecified atom stereocenters. The zero-order valence-electron chi connectivity index (χ0n) is 15.6. The first-order valence-electron chi connectivity index (χ1n) is 9.76. The van der Waals surface area contributed by atoms with E-state index in [4.69, 9.17) is 4.42 Å². The molecule has 0 spiro atoms. The molecular weight excluding hydrogens is 336 g/mol. The molecule has 1 N–H and O–H groups in total. The zero-order valence-corrected chi connectivity index (χ0v) is 15.6. The van der Waals surface area contributed by atoms with Crippen LogP contribution in [-0.2, 0) is 13.0 Å². The molecule has 1 aromatic heterocycles. The number of phenols is 1. The van der Waals surface area contributed by atoms with Crippen molar-refractivity contribution < 1.29 is 9.52 Å². The highest BCUT2D eigenvalue weighted by molar-refractivity contribution is 5.55. The van der Waals surface area contributed by atoms with Crippen molar-refractivity contribution in [2.75, 3.05) is 13.1 Å². The van der Waals surface area contributed by atoms with Crippen LogP contribution in [-0.4, -0.2) is 28.1 Å². The number of aromatic hydroxyl groups is 1. The molecule has 140 valence electrons. The fourth-order valence-electron chi connectivity index (χ4n) is 3.78. The highest BCUT2D eigenvalue weighted by Gasteiger charge is 2.20. The van der Waals surface area contributed by atoms with Crippen LogP contribution in [0.4, 0.5) is 0 Å². The molecule has 1 saturated heterocycles. The number of hydrogen-bond donors (Lipinski definition) is 1. The second kappa shape index (κ2) is 8.40. The van der Waals surface area contributed by atoms with Gasteiger partial charge in [0.05, 0.1) is 12.7 Å². The maximum atomic E-state index is 9.37. The molecule has 0 atom stereocenters. The zero-order chi connectivity index (χ0) is 18.5. The van der Waals surface area contributed by atoms with Crippen molar-refractivity contribution in [2.24, 2.45) is 5.92 Å². The largest absolute Gasteiger partial charge is 0.508 e. The van der Waals surface area contributed by atoms with Crippen molar-refractivity contribution in [3.8, 4) is 17.1 Å². The highest BCUT2D eigenvalue weighted by Crippen LogP contribution is 2.25. The average Bonchev–Trinajstić information content (AvgIpc) is 3.18.